The molecule has 0 saturated carbocycles. The Hall–Kier alpha value is -1.81. The molecule has 0 aliphatic rings. The van der Waals surface area contributed by atoms with Crippen LogP contribution in [0.2, 0.25) is 0 Å². The minimum absolute atomic E-state index is 0.00702. The number of aliphatic carboxylic acids is 1. The number of ether oxygens (including phenoxy) is 2. The van der Waals surface area contributed by atoms with Gasteiger partial charge in [-0.1, -0.05) is 121 Å². The third kappa shape index (κ3) is 34.4. The molecule has 0 aromatic heterocycles. The van der Waals surface area contributed by atoms with Crippen molar-refractivity contribution in [3.8, 4) is 0 Å². The average molecular weight is 716 g/mol. The first kappa shape index (κ1) is 47.2. The number of unbranched alkanes of at least 4 members (excludes halogenated alkanes) is 16. The van der Waals surface area contributed by atoms with Crippen molar-refractivity contribution in [2.24, 2.45) is 5.73 Å². The Labute approximate surface area is 297 Å². The van der Waals surface area contributed by atoms with Crippen LogP contribution in [0.4, 0.5) is 0 Å². The maximum atomic E-state index is 12.5. The topological polar surface area (TPSA) is 155 Å². The lowest BCUT2D eigenvalue weighted by Gasteiger charge is -2.20. The van der Waals surface area contributed by atoms with Crippen molar-refractivity contribution < 1.29 is 42.7 Å². The van der Waals surface area contributed by atoms with Crippen LogP contribution in [0.5, 0.6) is 0 Å². The fourth-order valence-corrected chi connectivity index (χ4v) is 5.65. The van der Waals surface area contributed by atoms with Crippen LogP contribution in [-0.2, 0) is 32.7 Å². The van der Waals surface area contributed by atoms with Gasteiger partial charge in [-0.2, -0.15) is 0 Å². The fourth-order valence-electron chi connectivity index (χ4n) is 4.87. The van der Waals surface area contributed by atoms with E-state index in [1.807, 2.05) is 0 Å². The lowest BCUT2D eigenvalue weighted by atomic mass is 10.1. The lowest BCUT2D eigenvalue weighted by molar-refractivity contribution is -0.154. The number of nitrogens with two attached hydrogens (primary N) is 1. The molecule has 286 valence electrons. The summed E-state index contributed by atoms with van der Waals surface area (Å²) in [5.41, 5.74) is 5.33. The number of phosphoric ester groups is 1. The molecule has 0 amide bonds. The minimum Gasteiger partial charge on any atom is -0.480 e. The Morgan fingerprint density at radius 2 is 1.16 bits per heavy atom. The molecule has 0 heterocycles. The van der Waals surface area contributed by atoms with Crippen molar-refractivity contribution in [2.45, 2.75) is 167 Å². The van der Waals surface area contributed by atoms with Crippen molar-refractivity contribution in [1.29, 1.82) is 0 Å². The van der Waals surface area contributed by atoms with Gasteiger partial charge in [-0.3, -0.25) is 18.6 Å². The first-order valence-corrected chi connectivity index (χ1v) is 20.5. The SMILES string of the molecule is CCC/C=C\C/C=C\CCCCCCCC(=O)OC(COCCCCCCCC/C=C\CCCCCC)COP(=O)(O)OCC(N)C(=O)O. The second-order valence-electron chi connectivity index (χ2n) is 12.7. The number of phosphoric acid groups is 1. The summed E-state index contributed by atoms with van der Waals surface area (Å²) in [6.07, 6.45) is 36.2. The van der Waals surface area contributed by atoms with Crippen LogP contribution in [0.15, 0.2) is 36.5 Å². The molecule has 3 unspecified atom stereocenters. The largest absolute Gasteiger partial charge is 0.480 e. The highest BCUT2D eigenvalue weighted by molar-refractivity contribution is 7.47. The summed E-state index contributed by atoms with van der Waals surface area (Å²) < 4.78 is 33.2. The highest BCUT2D eigenvalue weighted by Gasteiger charge is 2.27. The summed E-state index contributed by atoms with van der Waals surface area (Å²) in [7, 11) is -4.61. The monoisotopic (exact) mass is 715 g/mol. The zero-order valence-corrected chi connectivity index (χ0v) is 31.7. The fraction of sp³-hybridized carbons (Fsp3) is 0.789. The van der Waals surface area contributed by atoms with E-state index in [1.54, 1.807) is 0 Å². The van der Waals surface area contributed by atoms with Crippen molar-refractivity contribution in [2.75, 3.05) is 26.4 Å². The molecule has 0 aromatic rings. The normalized spacial score (nSPS) is 14.5. The van der Waals surface area contributed by atoms with E-state index in [1.165, 1.54) is 57.8 Å². The smallest absolute Gasteiger partial charge is 0.472 e. The summed E-state index contributed by atoms with van der Waals surface area (Å²) in [5, 5.41) is 8.86. The molecule has 0 saturated heterocycles. The highest BCUT2D eigenvalue weighted by atomic mass is 31.2. The first-order valence-electron chi connectivity index (χ1n) is 19.0. The number of allylic oxidation sites excluding steroid dienone is 6. The van der Waals surface area contributed by atoms with E-state index in [2.05, 4.69) is 54.8 Å². The van der Waals surface area contributed by atoms with Crippen LogP contribution in [-0.4, -0.2) is 60.5 Å². The molecule has 0 bridgehead atoms. The molecule has 4 N–H and O–H groups in total. The van der Waals surface area contributed by atoms with Gasteiger partial charge in [0.1, 0.15) is 12.1 Å². The van der Waals surface area contributed by atoms with Crippen LogP contribution in [0.3, 0.4) is 0 Å². The third-order valence-electron chi connectivity index (χ3n) is 7.87. The minimum atomic E-state index is -4.61. The van der Waals surface area contributed by atoms with E-state index in [0.717, 1.165) is 70.6 Å². The van der Waals surface area contributed by atoms with Crippen LogP contribution >= 0.6 is 7.82 Å². The predicted octanol–water partition coefficient (Wildman–Crippen LogP) is 9.75. The van der Waals surface area contributed by atoms with Crippen LogP contribution in [0.25, 0.3) is 0 Å². The van der Waals surface area contributed by atoms with Gasteiger partial charge in [-0.05, 0) is 64.2 Å². The summed E-state index contributed by atoms with van der Waals surface area (Å²) in [6.45, 7) is 3.75. The van der Waals surface area contributed by atoms with Crippen molar-refractivity contribution in [1.82, 2.24) is 0 Å². The number of esters is 1. The molecule has 0 rings (SSSR count). The van der Waals surface area contributed by atoms with Crippen molar-refractivity contribution in [3.05, 3.63) is 36.5 Å². The summed E-state index contributed by atoms with van der Waals surface area (Å²) in [5.74, 6) is -1.80. The Morgan fingerprint density at radius 1 is 0.653 bits per heavy atom. The summed E-state index contributed by atoms with van der Waals surface area (Å²) in [4.78, 5) is 33.4. The van der Waals surface area contributed by atoms with Gasteiger partial charge >= 0.3 is 19.8 Å². The quantitative estimate of drug-likeness (QED) is 0.0247. The van der Waals surface area contributed by atoms with Gasteiger partial charge in [0.15, 0.2) is 0 Å². The standard InChI is InChI=1S/C38H70NO9P/c1-3-5-7-9-11-13-15-17-19-21-23-25-27-29-31-45-32-35(33-46-49(43,44)47-34-36(39)38(41)42)48-37(40)30-28-26-24-22-20-18-16-14-12-10-8-6-4-2/h8,10,13-16,35-36H,3-7,9,11-12,17-34,39H2,1-2H3,(H,41,42)(H,43,44)/b10-8-,15-13-,16-14-. The Kier molecular flexibility index (Phi) is 33.4. The van der Waals surface area contributed by atoms with Gasteiger partial charge in [-0.25, -0.2) is 4.57 Å². The van der Waals surface area contributed by atoms with Gasteiger partial charge < -0.3 is 25.2 Å². The Bertz CT molecular complexity index is 925. The summed E-state index contributed by atoms with van der Waals surface area (Å²) in [6, 6.07) is -1.47. The highest BCUT2D eigenvalue weighted by Crippen LogP contribution is 2.43. The molecule has 0 spiro atoms. The van der Waals surface area contributed by atoms with Crippen LogP contribution in [0, 0.1) is 0 Å². The molecule has 0 aromatic carbocycles. The second-order valence-corrected chi connectivity index (χ2v) is 14.1. The van der Waals surface area contributed by atoms with Gasteiger partial charge in [0.05, 0.1) is 19.8 Å². The molecule has 11 heteroatoms. The van der Waals surface area contributed by atoms with E-state index in [4.69, 9.17) is 24.8 Å². The third-order valence-corrected chi connectivity index (χ3v) is 8.82. The maximum Gasteiger partial charge on any atom is 0.472 e. The van der Waals surface area contributed by atoms with E-state index < -0.39 is 45.1 Å². The Morgan fingerprint density at radius 3 is 1.76 bits per heavy atom. The number of carbonyl (C=O) groups is 2. The van der Waals surface area contributed by atoms with E-state index in [9.17, 15) is 19.0 Å². The van der Waals surface area contributed by atoms with Crippen LogP contribution in [0.1, 0.15) is 155 Å². The number of hydrogen-bond acceptors (Lipinski definition) is 8. The van der Waals surface area contributed by atoms with Gasteiger partial charge in [0, 0.05) is 13.0 Å². The number of carboxylic acid groups (broad SMARTS) is 1. The van der Waals surface area contributed by atoms with Gasteiger partial charge in [0.25, 0.3) is 0 Å². The zero-order chi connectivity index (χ0) is 36.3. The first-order chi connectivity index (χ1) is 23.7. The number of rotatable bonds is 36. The zero-order valence-electron chi connectivity index (χ0n) is 30.8. The molecule has 0 aliphatic heterocycles. The molecule has 0 fully saturated rings. The predicted molar refractivity (Wildman–Crippen MR) is 198 cm³/mol. The van der Waals surface area contributed by atoms with Crippen molar-refractivity contribution in [3.63, 3.8) is 0 Å². The molecule has 49 heavy (non-hydrogen) atoms. The molecular weight excluding hydrogens is 645 g/mol. The van der Waals surface area contributed by atoms with E-state index in [0.29, 0.717) is 13.0 Å². The lowest BCUT2D eigenvalue weighted by Crippen LogP contribution is -2.34. The molecule has 0 radical (unpaired) electrons. The van der Waals surface area contributed by atoms with Crippen LogP contribution < -0.4 is 5.73 Å². The van der Waals surface area contributed by atoms with Gasteiger partial charge in [0.2, 0.25) is 0 Å². The second kappa shape index (κ2) is 34.6. The molecule has 0 aliphatic carbocycles. The van der Waals surface area contributed by atoms with E-state index in [-0.39, 0.29) is 13.0 Å². The molecule has 3 atom stereocenters. The van der Waals surface area contributed by atoms with E-state index >= 15 is 0 Å². The number of hydrogen-bond donors (Lipinski definition) is 3. The van der Waals surface area contributed by atoms with Crippen molar-refractivity contribution >= 4 is 19.8 Å². The summed E-state index contributed by atoms with van der Waals surface area (Å²) >= 11 is 0. The Balaban J connectivity index is 4.34. The number of carboxylic acids is 1. The molecular formula is C38H70NO9P. The van der Waals surface area contributed by atoms with Gasteiger partial charge in [-0.15, -0.1) is 0 Å². The molecule has 10 nitrogen and oxygen atoms in total. The maximum absolute atomic E-state index is 12.5. The number of carbonyl (C=O) groups excluding carboxylic acids is 1. The average Bonchev–Trinajstić information content (AvgIpc) is 3.07.